The highest BCUT2D eigenvalue weighted by Crippen LogP contribution is 2.69. The van der Waals surface area contributed by atoms with E-state index < -0.39 is 0 Å². The summed E-state index contributed by atoms with van der Waals surface area (Å²) in [5.41, 5.74) is 6.01. The Hall–Kier alpha value is -3.08. The summed E-state index contributed by atoms with van der Waals surface area (Å²) in [5.74, 6) is 2.03. The highest BCUT2D eigenvalue weighted by atomic mass is 16.5. The van der Waals surface area contributed by atoms with Gasteiger partial charge in [-0.05, 0) is 110 Å². The Morgan fingerprint density at radius 2 is 1.70 bits per heavy atom. The predicted molar refractivity (Wildman–Crippen MR) is 160 cm³/mol. The van der Waals surface area contributed by atoms with Gasteiger partial charge in [0.05, 0.1) is 7.11 Å². The molecule has 5 aliphatic rings. The Balaban J connectivity index is 0.000000227. The summed E-state index contributed by atoms with van der Waals surface area (Å²) in [6, 6.07) is 7.18. The zero-order chi connectivity index (χ0) is 28.9. The fourth-order valence-corrected chi connectivity index (χ4v) is 8.82. The summed E-state index contributed by atoms with van der Waals surface area (Å²) in [6.45, 7) is 10.8. The molecule has 5 unspecified atom stereocenters. The number of ether oxygens (including phenoxy) is 1. The summed E-state index contributed by atoms with van der Waals surface area (Å²) in [6.07, 6.45) is 16.9. The standard InChI is InChI=1S/C26H34O2.C9H11NO2/c1-16-17-8-9-22-25(3,20(17)15-21(27)23(16)28)12-10-19-18-7-5-6-11-24(18,2)13-14-26(19,22)4;1-7(11)10-8-3-5-9(12-2)6-4-8/h8-9,15,18-19,28H,5-7,10-14H2,1-4H3;3-6H,1-2H3,(H,10,11). The second-order valence-electron chi connectivity index (χ2n) is 13.4. The highest BCUT2D eigenvalue weighted by Gasteiger charge is 2.59. The number of aliphatic hydroxyl groups excluding tert-OH is 1. The van der Waals surface area contributed by atoms with Crippen LogP contribution in [-0.4, -0.2) is 23.9 Å². The highest BCUT2D eigenvalue weighted by molar-refractivity contribution is 6.06. The molecule has 6 rings (SSSR count). The Morgan fingerprint density at radius 1 is 0.975 bits per heavy atom. The molecule has 1 amide bonds. The molecule has 40 heavy (non-hydrogen) atoms. The van der Waals surface area contributed by atoms with Crippen molar-refractivity contribution in [1.29, 1.82) is 0 Å². The smallest absolute Gasteiger partial charge is 0.221 e. The number of carbonyl (C=O) groups excluding carboxylic acids is 2. The molecule has 1 aromatic carbocycles. The lowest BCUT2D eigenvalue weighted by Crippen LogP contribution is -2.54. The van der Waals surface area contributed by atoms with Gasteiger partial charge >= 0.3 is 0 Å². The lowest BCUT2D eigenvalue weighted by molar-refractivity contribution is -0.114. The van der Waals surface area contributed by atoms with E-state index in [2.05, 4.69) is 38.2 Å². The number of hydrogen-bond acceptors (Lipinski definition) is 4. The van der Waals surface area contributed by atoms with Gasteiger partial charge in [-0.15, -0.1) is 0 Å². The quantitative estimate of drug-likeness (QED) is 0.394. The van der Waals surface area contributed by atoms with Crippen LogP contribution in [0.25, 0.3) is 0 Å². The van der Waals surface area contributed by atoms with Crippen molar-refractivity contribution in [3.63, 3.8) is 0 Å². The Kier molecular flexibility index (Phi) is 7.39. The average molecular weight is 544 g/mol. The number of fused-ring (bicyclic) bond motifs is 7. The van der Waals surface area contributed by atoms with E-state index in [1.54, 1.807) is 43.0 Å². The molecule has 5 nitrogen and oxygen atoms in total. The number of aliphatic hydroxyl groups is 1. The topological polar surface area (TPSA) is 75.6 Å². The molecule has 5 heteroatoms. The van der Waals surface area contributed by atoms with Crippen LogP contribution >= 0.6 is 0 Å². The molecular formula is C35H45NO4. The molecule has 0 aromatic heterocycles. The lowest BCUT2D eigenvalue weighted by atomic mass is 9.41. The van der Waals surface area contributed by atoms with Gasteiger partial charge < -0.3 is 15.2 Å². The summed E-state index contributed by atoms with van der Waals surface area (Å²) in [7, 11) is 1.60. The van der Waals surface area contributed by atoms with E-state index in [4.69, 9.17) is 4.74 Å². The van der Waals surface area contributed by atoms with Crippen molar-refractivity contribution in [2.75, 3.05) is 12.4 Å². The van der Waals surface area contributed by atoms with Crippen LogP contribution in [0.3, 0.4) is 0 Å². The molecule has 0 spiro atoms. The number of methoxy groups -OCH3 is 1. The predicted octanol–water partition coefficient (Wildman–Crippen LogP) is 8.26. The Labute approximate surface area is 239 Å². The summed E-state index contributed by atoms with van der Waals surface area (Å²) in [5, 5.41) is 12.8. The van der Waals surface area contributed by atoms with Crippen LogP contribution in [0.5, 0.6) is 5.75 Å². The third-order valence-electron chi connectivity index (χ3n) is 11.1. The van der Waals surface area contributed by atoms with E-state index in [0.717, 1.165) is 46.4 Å². The molecule has 0 radical (unpaired) electrons. The van der Waals surface area contributed by atoms with Crippen molar-refractivity contribution in [3.05, 3.63) is 70.5 Å². The summed E-state index contributed by atoms with van der Waals surface area (Å²) < 4.78 is 4.96. The van der Waals surface area contributed by atoms with Crippen molar-refractivity contribution < 1.29 is 19.4 Å². The molecule has 0 saturated heterocycles. The zero-order valence-corrected chi connectivity index (χ0v) is 25.0. The van der Waals surface area contributed by atoms with Crippen molar-refractivity contribution in [2.24, 2.45) is 28.1 Å². The third kappa shape index (κ3) is 4.65. The van der Waals surface area contributed by atoms with E-state index in [0.29, 0.717) is 5.41 Å². The number of benzene rings is 1. The SMILES string of the molecule is CC1=C(O)C(=O)C=C2C1=CC=C1C2(C)CCC2C3CCCCC3(C)CCC12C.COc1ccc(NC(C)=O)cc1. The van der Waals surface area contributed by atoms with Crippen molar-refractivity contribution in [1.82, 2.24) is 0 Å². The van der Waals surface area contributed by atoms with Crippen LogP contribution < -0.4 is 10.1 Å². The number of carbonyl (C=O) groups is 2. The maximum atomic E-state index is 12.4. The average Bonchev–Trinajstić information content (AvgIpc) is 2.92. The van der Waals surface area contributed by atoms with Gasteiger partial charge in [-0.25, -0.2) is 0 Å². The van der Waals surface area contributed by atoms with E-state index in [9.17, 15) is 14.7 Å². The number of nitrogens with one attached hydrogen (secondary N) is 1. The van der Waals surface area contributed by atoms with E-state index in [-0.39, 0.29) is 28.3 Å². The molecule has 0 heterocycles. The summed E-state index contributed by atoms with van der Waals surface area (Å²) in [4.78, 5) is 23.1. The molecule has 5 aliphatic carbocycles. The number of allylic oxidation sites excluding steroid dienone is 7. The zero-order valence-electron chi connectivity index (χ0n) is 25.0. The number of rotatable bonds is 2. The van der Waals surface area contributed by atoms with Crippen LogP contribution in [0, 0.1) is 28.1 Å². The first-order valence-electron chi connectivity index (χ1n) is 14.9. The molecule has 214 valence electrons. The third-order valence-corrected chi connectivity index (χ3v) is 11.1. The van der Waals surface area contributed by atoms with Gasteiger partial charge in [-0.1, -0.05) is 51.3 Å². The maximum absolute atomic E-state index is 12.4. The normalized spacial score (nSPS) is 34.4. The van der Waals surface area contributed by atoms with E-state index in [1.165, 1.54) is 51.9 Å². The molecular weight excluding hydrogens is 498 g/mol. The van der Waals surface area contributed by atoms with Crippen LogP contribution in [0.4, 0.5) is 5.69 Å². The van der Waals surface area contributed by atoms with Gasteiger partial charge in [0, 0.05) is 23.6 Å². The largest absolute Gasteiger partial charge is 0.504 e. The molecule has 1 aromatic rings. The van der Waals surface area contributed by atoms with Gasteiger partial charge in [0.1, 0.15) is 5.75 Å². The second-order valence-corrected chi connectivity index (χ2v) is 13.4. The van der Waals surface area contributed by atoms with Gasteiger partial charge in [0.2, 0.25) is 11.7 Å². The van der Waals surface area contributed by atoms with E-state index in [1.807, 2.05) is 6.92 Å². The van der Waals surface area contributed by atoms with Crippen molar-refractivity contribution >= 4 is 17.4 Å². The van der Waals surface area contributed by atoms with E-state index >= 15 is 0 Å². The fourth-order valence-electron chi connectivity index (χ4n) is 8.82. The Bertz CT molecular complexity index is 1330. The second kappa shape index (κ2) is 10.4. The first-order chi connectivity index (χ1) is 18.9. The molecule has 0 aliphatic heterocycles. The number of hydrogen-bond donors (Lipinski definition) is 2. The van der Waals surface area contributed by atoms with Crippen LogP contribution in [0.1, 0.15) is 86.0 Å². The molecule has 5 atom stereocenters. The number of anilines is 1. The molecule has 3 fully saturated rings. The van der Waals surface area contributed by atoms with Crippen LogP contribution in [0.2, 0.25) is 0 Å². The van der Waals surface area contributed by atoms with Crippen LogP contribution in [-0.2, 0) is 9.59 Å². The maximum Gasteiger partial charge on any atom is 0.221 e. The number of amides is 1. The van der Waals surface area contributed by atoms with Crippen molar-refractivity contribution in [3.8, 4) is 5.75 Å². The molecule has 0 bridgehead atoms. The van der Waals surface area contributed by atoms with Crippen LogP contribution in [0.15, 0.2) is 70.5 Å². The number of ketones is 1. The first-order valence-corrected chi connectivity index (χ1v) is 14.9. The first kappa shape index (κ1) is 28.4. The monoisotopic (exact) mass is 543 g/mol. The van der Waals surface area contributed by atoms with Gasteiger partial charge in [-0.2, -0.15) is 0 Å². The fraction of sp³-hybridized carbons (Fsp3) is 0.543. The van der Waals surface area contributed by atoms with Crippen molar-refractivity contribution in [2.45, 2.75) is 86.0 Å². The van der Waals surface area contributed by atoms with Gasteiger partial charge in [-0.3, -0.25) is 9.59 Å². The lowest BCUT2D eigenvalue weighted by Gasteiger charge is -2.63. The van der Waals surface area contributed by atoms with Gasteiger partial charge in [0.25, 0.3) is 0 Å². The summed E-state index contributed by atoms with van der Waals surface area (Å²) >= 11 is 0. The minimum absolute atomic E-state index is 0.0693. The molecule has 2 N–H and O–H groups in total. The van der Waals surface area contributed by atoms with Gasteiger partial charge in [0.15, 0.2) is 5.76 Å². The molecule has 3 saturated carbocycles. The minimum Gasteiger partial charge on any atom is -0.504 e. The Morgan fingerprint density at radius 3 is 2.38 bits per heavy atom. The minimum atomic E-state index is -0.220.